The van der Waals surface area contributed by atoms with Crippen molar-refractivity contribution in [3.63, 3.8) is 0 Å². The molecule has 1 heterocycles. The number of nitrogens with zero attached hydrogens (tertiary/aromatic N) is 2. The van der Waals surface area contributed by atoms with Crippen LogP contribution in [-0.4, -0.2) is 21.6 Å². The Hall–Kier alpha value is -2.62. The molecule has 0 unspecified atom stereocenters. The monoisotopic (exact) mass is 357 g/mol. The van der Waals surface area contributed by atoms with E-state index in [0.717, 1.165) is 30.1 Å². The lowest BCUT2D eigenvalue weighted by atomic mass is 10.2. The van der Waals surface area contributed by atoms with Gasteiger partial charge < -0.3 is 5.32 Å². The number of carbonyl (C=O) groups is 1. The molecule has 0 bridgehead atoms. The average molecular weight is 357 g/mol. The average Bonchev–Trinajstić information content (AvgIpc) is 2.53. The Balaban J connectivity index is 1.93. The summed E-state index contributed by atoms with van der Waals surface area (Å²) in [5.74, 6) is -0.611. The van der Waals surface area contributed by atoms with Crippen LogP contribution in [0.3, 0.4) is 0 Å². The molecular weight excluding hydrogens is 347 g/mol. The molecule has 1 aromatic carbocycles. The molecular formula is C14H10F3N3O3S. The summed E-state index contributed by atoms with van der Waals surface area (Å²) in [6, 6.07) is 6.93. The molecule has 1 amide bonds. The van der Waals surface area contributed by atoms with Gasteiger partial charge in [0.2, 0.25) is 5.91 Å². The predicted octanol–water partition coefficient (Wildman–Crippen LogP) is 3.74. The Morgan fingerprint density at radius 1 is 1.29 bits per heavy atom. The molecule has 0 fully saturated rings. The van der Waals surface area contributed by atoms with Crippen molar-refractivity contribution >= 4 is 29.0 Å². The van der Waals surface area contributed by atoms with Crippen LogP contribution in [0.25, 0.3) is 0 Å². The SMILES string of the molecule is O=C(CSc1ccc([N+](=O)[O-])cn1)Nc1cccc(C(F)(F)F)c1. The zero-order valence-corrected chi connectivity index (χ0v) is 12.7. The number of hydrogen-bond acceptors (Lipinski definition) is 5. The van der Waals surface area contributed by atoms with Gasteiger partial charge in [0, 0.05) is 11.8 Å². The highest BCUT2D eigenvalue weighted by molar-refractivity contribution is 7.99. The Kier molecular flexibility index (Phi) is 5.39. The third-order valence-corrected chi connectivity index (χ3v) is 3.70. The molecule has 0 aliphatic rings. The molecule has 1 aromatic heterocycles. The highest BCUT2D eigenvalue weighted by atomic mass is 32.2. The first-order chi connectivity index (χ1) is 11.3. The zero-order chi connectivity index (χ0) is 17.7. The molecule has 0 spiro atoms. The molecule has 24 heavy (non-hydrogen) atoms. The van der Waals surface area contributed by atoms with Crippen molar-refractivity contribution in [3.8, 4) is 0 Å². The number of nitro groups is 1. The highest BCUT2D eigenvalue weighted by Crippen LogP contribution is 2.30. The van der Waals surface area contributed by atoms with Crippen LogP contribution < -0.4 is 5.32 Å². The first-order valence-electron chi connectivity index (χ1n) is 6.46. The van der Waals surface area contributed by atoms with Crippen molar-refractivity contribution in [2.24, 2.45) is 0 Å². The van der Waals surface area contributed by atoms with Crippen LogP contribution in [0.5, 0.6) is 0 Å². The van der Waals surface area contributed by atoms with Crippen LogP contribution in [0.4, 0.5) is 24.5 Å². The minimum absolute atomic E-state index is 0.0343. The molecule has 2 aromatic rings. The topological polar surface area (TPSA) is 85.1 Å². The summed E-state index contributed by atoms with van der Waals surface area (Å²) >= 11 is 1.01. The second-order valence-electron chi connectivity index (χ2n) is 4.53. The maximum absolute atomic E-state index is 12.6. The second-order valence-corrected chi connectivity index (χ2v) is 5.52. The number of rotatable bonds is 5. The summed E-state index contributed by atoms with van der Waals surface area (Å²) in [5, 5.41) is 13.2. The zero-order valence-electron chi connectivity index (χ0n) is 11.9. The van der Waals surface area contributed by atoms with Crippen molar-refractivity contribution in [2.75, 3.05) is 11.1 Å². The number of hydrogen-bond donors (Lipinski definition) is 1. The minimum Gasteiger partial charge on any atom is -0.325 e. The summed E-state index contributed by atoms with van der Waals surface area (Å²) in [5.41, 5.74) is -0.996. The van der Waals surface area contributed by atoms with Crippen molar-refractivity contribution in [1.29, 1.82) is 0 Å². The van der Waals surface area contributed by atoms with Gasteiger partial charge in [0.15, 0.2) is 0 Å². The number of pyridine rings is 1. The van der Waals surface area contributed by atoms with Gasteiger partial charge in [-0.2, -0.15) is 13.2 Å². The Labute approximate surface area is 138 Å². The van der Waals surface area contributed by atoms with Crippen LogP contribution in [0, 0.1) is 10.1 Å². The summed E-state index contributed by atoms with van der Waals surface area (Å²) in [7, 11) is 0. The third kappa shape index (κ3) is 4.95. The number of alkyl halides is 3. The predicted molar refractivity (Wildman–Crippen MR) is 81.7 cm³/mol. The van der Waals surface area contributed by atoms with Gasteiger partial charge in [0.05, 0.1) is 21.3 Å². The van der Waals surface area contributed by atoms with Gasteiger partial charge in [-0.1, -0.05) is 17.8 Å². The van der Waals surface area contributed by atoms with Crippen LogP contribution in [0.2, 0.25) is 0 Å². The smallest absolute Gasteiger partial charge is 0.325 e. The third-order valence-electron chi connectivity index (χ3n) is 2.76. The van der Waals surface area contributed by atoms with E-state index in [0.29, 0.717) is 5.03 Å². The van der Waals surface area contributed by atoms with Crippen LogP contribution in [0.15, 0.2) is 47.6 Å². The number of benzene rings is 1. The standard InChI is InChI=1S/C14H10F3N3O3S/c15-14(16,17)9-2-1-3-10(6-9)19-12(21)8-24-13-5-4-11(7-18-13)20(22)23/h1-7H,8H2,(H,19,21). The lowest BCUT2D eigenvalue weighted by Gasteiger charge is -2.09. The fraction of sp³-hybridized carbons (Fsp3) is 0.143. The van der Waals surface area contributed by atoms with Crippen molar-refractivity contribution in [1.82, 2.24) is 4.98 Å². The van der Waals surface area contributed by atoms with Gasteiger partial charge in [-0.15, -0.1) is 0 Å². The minimum atomic E-state index is -4.49. The highest BCUT2D eigenvalue weighted by Gasteiger charge is 2.30. The second kappa shape index (κ2) is 7.30. The Morgan fingerprint density at radius 3 is 2.62 bits per heavy atom. The van der Waals surface area contributed by atoms with Crippen LogP contribution in [-0.2, 0) is 11.0 Å². The van der Waals surface area contributed by atoms with E-state index in [-0.39, 0.29) is 17.1 Å². The normalized spacial score (nSPS) is 11.1. The van der Waals surface area contributed by atoms with Crippen LogP contribution in [0.1, 0.15) is 5.56 Å². The van der Waals surface area contributed by atoms with Gasteiger partial charge in [-0.05, 0) is 24.3 Å². The number of aromatic nitrogens is 1. The van der Waals surface area contributed by atoms with Gasteiger partial charge in [0.1, 0.15) is 6.20 Å². The van der Waals surface area contributed by atoms with E-state index in [1.54, 1.807) is 0 Å². The van der Waals surface area contributed by atoms with Crippen molar-refractivity contribution in [2.45, 2.75) is 11.2 Å². The fourth-order valence-electron chi connectivity index (χ4n) is 1.68. The maximum Gasteiger partial charge on any atom is 0.416 e. The number of anilines is 1. The lowest BCUT2D eigenvalue weighted by molar-refractivity contribution is -0.385. The molecule has 0 aliphatic heterocycles. The van der Waals surface area contributed by atoms with Crippen molar-refractivity contribution in [3.05, 3.63) is 58.3 Å². The summed E-state index contributed by atoms with van der Waals surface area (Å²) in [6.07, 6.45) is -3.43. The van der Waals surface area contributed by atoms with Crippen LogP contribution >= 0.6 is 11.8 Å². The first-order valence-corrected chi connectivity index (χ1v) is 7.44. The molecule has 0 aliphatic carbocycles. The quantitative estimate of drug-likeness (QED) is 0.501. The Bertz CT molecular complexity index is 751. The van der Waals surface area contributed by atoms with Gasteiger partial charge in [0.25, 0.3) is 5.69 Å². The van der Waals surface area contributed by atoms with Gasteiger partial charge in [-0.25, -0.2) is 4.98 Å². The fourth-order valence-corrected chi connectivity index (χ4v) is 2.32. The molecule has 2 rings (SSSR count). The van der Waals surface area contributed by atoms with Gasteiger partial charge in [-0.3, -0.25) is 14.9 Å². The summed E-state index contributed by atoms with van der Waals surface area (Å²) in [4.78, 5) is 25.5. The molecule has 126 valence electrons. The largest absolute Gasteiger partial charge is 0.416 e. The molecule has 1 N–H and O–H groups in total. The lowest BCUT2D eigenvalue weighted by Crippen LogP contribution is -2.15. The van der Waals surface area contributed by atoms with E-state index in [1.807, 2.05) is 0 Å². The first kappa shape index (κ1) is 17.7. The van der Waals surface area contributed by atoms with Gasteiger partial charge >= 0.3 is 6.18 Å². The molecule has 0 saturated heterocycles. The van der Waals surface area contributed by atoms with E-state index in [1.165, 1.54) is 24.3 Å². The molecule has 0 atom stereocenters. The number of carbonyl (C=O) groups excluding carboxylic acids is 1. The maximum atomic E-state index is 12.6. The van der Waals surface area contributed by atoms with Crippen molar-refractivity contribution < 1.29 is 22.9 Å². The van der Waals surface area contributed by atoms with E-state index < -0.39 is 22.6 Å². The van der Waals surface area contributed by atoms with E-state index >= 15 is 0 Å². The summed E-state index contributed by atoms with van der Waals surface area (Å²) in [6.45, 7) is 0. The molecule has 0 saturated carbocycles. The molecule has 0 radical (unpaired) electrons. The van der Waals surface area contributed by atoms with E-state index in [4.69, 9.17) is 0 Å². The number of halogens is 3. The number of nitrogens with one attached hydrogen (secondary N) is 1. The van der Waals surface area contributed by atoms with E-state index in [9.17, 15) is 28.1 Å². The molecule has 10 heteroatoms. The van der Waals surface area contributed by atoms with E-state index in [2.05, 4.69) is 10.3 Å². The Morgan fingerprint density at radius 2 is 2.04 bits per heavy atom. The number of thioether (sulfide) groups is 1. The molecule has 6 nitrogen and oxygen atoms in total. The number of amides is 1. The summed E-state index contributed by atoms with van der Waals surface area (Å²) < 4.78 is 37.8.